The second-order valence-corrected chi connectivity index (χ2v) is 13.9. The van der Waals surface area contributed by atoms with Gasteiger partial charge >= 0.3 is 0 Å². The summed E-state index contributed by atoms with van der Waals surface area (Å²) in [4.78, 5) is 0. The van der Waals surface area contributed by atoms with Gasteiger partial charge in [-0.05, 0) is 95.7 Å². The smallest absolute Gasteiger partial charge is 0.111 e. The van der Waals surface area contributed by atoms with Gasteiger partial charge in [0.25, 0.3) is 0 Å². The van der Waals surface area contributed by atoms with E-state index in [1.54, 1.807) is 27.9 Å². The van der Waals surface area contributed by atoms with Crippen molar-refractivity contribution in [2.45, 2.75) is 71.5 Å². The van der Waals surface area contributed by atoms with Crippen LogP contribution in [-0.4, -0.2) is 26.1 Å². The summed E-state index contributed by atoms with van der Waals surface area (Å²) in [5.74, 6) is 4.16. The van der Waals surface area contributed by atoms with Gasteiger partial charge in [0.15, 0.2) is 0 Å². The lowest BCUT2D eigenvalue weighted by Gasteiger charge is -2.42. The molecule has 0 aromatic heterocycles. The Morgan fingerprint density at radius 1 is 1.24 bits per heavy atom. The highest BCUT2D eigenvalue weighted by molar-refractivity contribution is 8.35. The molecule has 3 saturated carbocycles. The minimum absolute atomic E-state index is 0.571. The molecule has 25 heavy (non-hydrogen) atoms. The van der Waals surface area contributed by atoms with Crippen LogP contribution in [0.1, 0.15) is 65.7 Å². The van der Waals surface area contributed by atoms with Crippen molar-refractivity contribution in [1.29, 1.82) is 0 Å². The average molecular weight is 356 g/mol. The van der Waals surface area contributed by atoms with Gasteiger partial charge in [-0.2, -0.15) is 0 Å². The Morgan fingerprint density at radius 2 is 1.96 bits per heavy atom. The summed E-state index contributed by atoms with van der Waals surface area (Å²) < 4.78 is 0. The molecule has 0 heterocycles. The Morgan fingerprint density at radius 3 is 2.56 bits per heavy atom. The summed E-state index contributed by atoms with van der Waals surface area (Å²) in [6.45, 7) is 7.15. The van der Waals surface area contributed by atoms with Crippen molar-refractivity contribution in [2.24, 2.45) is 17.3 Å². The molecule has 0 aliphatic heterocycles. The zero-order chi connectivity index (χ0) is 18.0. The SMILES string of the molecule is BC1/C(=C/S(C)(C)CCC2=C3C(=C2C)C3CCCCC)CC12CC2C. The fourth-order valence-corrected chi connectivity index (χ4v) is 7.83. The van der Waals surface area contributed by atoms with Gasteiger partial charge in [0.1, 0.15) is 7.85 Å². The van der Waals surface area contributed by atoms with Gasteiger partial charge in [0.2, 0.25) is 0 Å². The lowest BCUT2D eigenvalue weighted by Crippen LogP contribution is -2.28. The topological polar surface area (TPSA) is 0 Å². The summed E-state index contributed by atoms with van der Waals surface area (Å²) in [5.41, 5.74) is 9.57. The largest absolute Gasteiger partial charge is 0.227 e. The van der Waals surface area contributed by atoms with Crippen LogP contribution in [0.25, 0.3) is 0 Å². The fraction of sp³-hybridized carbons (Fsp3) is 0.739. The molecule has 0 N–H and O–H groups in total. The highest BCUT2D eigenvalue weighted by atomic mass is 32.3. The van der Waals surface area contributed by atoms with E-state index in [2.05, 4.69) is 46.5 Å². The third kappa shape index (κ3) is 2.91. The van der Waals surface area contributed by atoms with Gasteiger partial charge in [0.05, 0.1) is 0 Å². The molecule has 4 rings (SSSR count). The van der Waals surface area contributed by atoms with Crippen LogP contribution in [0.4, 0.5) is 0 Å². The molecule has 4 unspecified atom stereocenters. The van der Waals surface area contributed by atoms with E-state index in [0.717, 1.165) is 23.1 Å². The predicted molar refractivity (Wildman–Crippen MR) is 117 cm³/mol. The number of hydrogen-bond donors (Lipinski definition) is 0. The molecule has 0 radical (unpaired) electrons. The van der Waals surface area contributed by atoms with E-state index in [-0.39, 0.29) is 0 Å². The van der Waals surface area contributed by atoms with Crippen molar-refractivity contribution in [1.82, 2.24) is 0 Å². The first kappa shape index (κ1) is 18.0. The van der Waals surface area contributed by atoms with Crippen molar-refractivity contribution in [2.75, 3.05) is 18.3 Å². The van der Waals surface area contributed by atoms with E-state index >= 15 is 0 Å². The molecule has 0 aromatic rings. The molecule has 4 aliphatic carbocycles. The molecule has 4 aliphatic rings. The molecule has 1 spiro atoms. The van der Waals surface area contributed by atoms with Gasteiger partial charge in [-0.3, -0.25) is 0 Å². The van der Waals surface area contributed by atoms with Crippen molar-refractivity contribution in [3.05, 3.63) is 33.3 Å². The Labute approximate surface area is 158 Å². The predicted octanol–water partition coefficient (Wildman–Crippen LogP) is 6.01. The minimum Gasteiger partial charge on any atom is -0.227 e. The lowest BCUT2D eigenvalue weighted by atomic mass is 9.56. The first-order chi connectivity index (χ1) is 11.8. The van der Waals surface area contributed by atoms with Crippen LogP contribution in [0.3, 0.4) is 0 Å². The Hall–Kier alpha value is -0.365. The van der Waals surface area contributed by atoms with Crippen molar-refractivity contribution in [3.63, 3.8) is 0 Å². The Bertz CT molecular complexity index is 680. The van der Waals surface area contributed by atoms with Gasteiger partial charge in [0, 0.05) is 5.92 Å². The quantitative estimate of drug-likeness (QED) is 0.369. The normalized spacial score (nSPS) is 38.0. The third-order valence-corrected chi connectivity index (χ3v) is 10.2. The van der Waals surface area contributed by atoms with Crippen molar-refractivity contribution in [3.8, 4) is 0 Å². The van der Waals surface area contributed by atoms with Crippen molar-refractivity contribution >= 4 is 17.9 Å². The standard InChI is InChI=1S/C23H37BS/c1-6-7-8-9-19-20-16(3)18(21(19)20)10-11-25(4,5)14-17-13-23(22(17)24)12-15(23)2/h14-15,19,22H,6-13,24H2,1-5H3/b17-14+. The lowest BCUT2D eigenvalue weighted by molar-refractivity contribution is 0.362. The number of rotatable bonds is 8. The minimum atomic E-state index is -0.571. The zero-order valence-corrected chi connectivity index (χ0v) is 18.2. The van der Waals surface area contributed by atoms with Gasteiger partial charge in [-0.15, -0.1) is 0 Å². The van der Waals surface area contributed by atoms with E-state index in [0.29, 0.717) is 0 Å². The number of unbranched alkanes of at least 4 members (excludes halogenated alkanes) is 2. The van der Waals surface area contributed by atoms with E-state index < -0.39 is 10.0 Å². The molecule has 0 nitrogen and oxygen atoms in total. The highest BCUT2D eigenvalue weighted by Crippen LogP contribution is 2.73. The second kappa shape index (κ2) is 6.08. The molecule has 0 bridgehead atoms. The molecule has 138 valence electrons. The maximum atomic E-state index is 2.74. The number of fused-ring (bicyclic) bond motifs is 1. The zero-order valence-electron chi connectivity index (χ0n) is 17.4. The first-order valence-corrected chi connectivity index (χ1v) is 13.3. The first-order valence-electron chi connectivity index (χ1n) is 10.7. The van der Waals surface area contributed by atoms with Crippen molar-refractivity contribution < 1.29 is 0 Å². The second-order valence-electron chi connectivity index (χ2n) is 9.99. The van der Waals surface area contributed by atoms with Crippen LogP contribution in [0.15, 0.2) is 33.3 Å². The monoisotopic (exact) mass is 356 g/mol. The number of hydrogen-bond acceptors (Lipinski definition) is 0. The van der Waals surface area contributed by atoms with Crippen LogP contribution in [0.5, 0.6) is 0 Å². The maximum Gasteiger partial charge on any atom is 0.111 e. The maximum absolute atomic E-state index is 2.74. The van der Waals surface area contributed by atoms with Crippen LogP contribution in [0.2, 0.25) is 5.82 Å². The molecule has 4 atom stereocenters. The Balaban J connectivity index is 1.30. The molecular formula is C23H37BS. The highest BCUT2D eigenvalue weighted by Gasteiger charge is 2.61. The van der Waals surface area contributed by atoms with Crippen LogP contribution >= 0.6 is 10.0 Å². The summed E-state index contributed by atoms with van der Waals surface area (Å²) in [6.07, 6.45) is 15.0. The fourth-order valence-electron chi connectivity index (χ4n) is 5.88. The van der Waals surface area contributed by atoms with Crippen LogP contribution in [0, 0.1) is 17.3 Å². The van der Waals surface area contributed by atoms with Crippen LogP contribution in [-0.2, 0) is 0 Å². The summed E-state index contributed by atoms with van der Waals surface area (Å²) in [7, 11) is 1.92. The summed E-state index contributed by atoms with van der Waals surface area (Å²) >= 11 is 0. The van der Waals surface area contributed by atoms with Gasteiger partial charge in [-0.1, -0.05) is 38.7 Å². The molecule has 2 heteroatoms. The van der Waals surface area contributed by atoms with Gasteiger partial charge < -0.3 is 0 Å². The third-order valence-electron chi connectivity index (χ3n) is 7.99. The Kier molecular flexibility index (Phi) is 4.38. The number of allylic oxidation sites excluding steroid dienone is 5. The van der Waals surface area contributed by atoms with E-state index in [1.807, 2.05) is 0 Å². The van der Waals surface area contributed by atoms with E-state index in [4.69, 9.17) is 0 Å². The van der Waals surface area contributed by atoms with E-state index in [9.17, 15) is 0 Å². The van der Waals surface area contributed by atoms with Gasteiger partial charge in [-0.25, -0.2) is 10.0 Å². The van der Waals surface area contributed by atoms with E-state index in [1.165, 1.54) is 50.7 Å². The summed E-state index contributed by atoms with van der Waals surface area (Å²) in [5, 5.41) is 2.74. The molecular weight excluding hydrogens is 319 g/mol. The molecule has 0 aromatic carbocycles. The molecule has 0 saturated heterocycles. The average Bonchev–Trinajstić information content (AvgIpc) is 3.41. The molecule has 0 amide bonds. The van der Waals surface area contributed by atoms with Crippen LogP contribution < -0.4 is 0 Å². The summed E-state index contributed by atoms with van der Waals surface area (Å²) in [6, 6.07) is 0. The molecule has 3 fully saturated rings.